The summed E-state index contributed by atoms with van der Waals surface area (Å²) in [6, 6.07) is 12.5. The van der Waals surface area contributed by atoms with Gasteiger partial charge in [-0.15, -0.1) is 11.3 Å². The molecule has 0 saturated heterocycles. The second kappa shape index (κ2) is 9.02. The normalized spacial score (nSPS) is 11.7. The van der Waals surface area contributed by atoms with Crippen LogP contribution in [0.25, 0.3) is 10.4 Å². The zero-order chi connectivity index (χ0) is 22.9. The van der Waals surface area contributed by atoms with Crippen LogP contribution in [-0.2, 0) is 16.4 Å². The van der Waals surface area contributed by atoms with Gasteiger partial charge in [0.2, 0.25) is 0 Å². The van der Waals surface area contributed by atoms with Gasteiger partial charge in [-0.05, 0) is 66.6 Å². The summed E-state index contributed by atoms with van der Waals surface area (Å²) in [5, 5.41) is 10.1. The summed E-state index contributed by atoms with van der Waals surface area (Å²) < 4.78 is 28.5. The third-order valence-corrected chi connectivity index (χ3v) is 7.89. The number of hydrogen-bond donors (Lipinski definition) is 2. The van der Waals surface area contributed by atoms with Crippen molar-refractivity contribution >= 4 is 44.6 Å². The number of aryl methyl sites for hydroxylation is 2. The van der Waals surface area contributed by atoms with Crippen molar-refractivity contribution in [3.63, 3.8) is 0 Å². The molecule has 8 heteroatoms. The Morgan fingerprint density at radius 2 is 1.74 bits per heavy atom. The minimum atomic E-state index is -3.99. The SMILES string of the molecule is Cc1cc(S(=O)(=O)Nc2cc(-c3ccc(CC(C)C)cc3)sc2C(=O)O)c(C)cc1Cl. The van der Waals surface area contributed by atoms with Crippen LogP contribution < -0.4 is 4.72 Å². The number of aromatic carboxylic acids is 1. The maximum atomic E-state index is 13.0. The molecule has 0 unspecified atom stereocenters. The van der Waals surface area contributed by atoms with Crippen molar-refractivity contribution in [1.82, 2.24) is 0 Å². The number of carboxylic acid groups (broad SMARTS) is 1. The molecule has 0 spiro atoms. The molecule has 3 rings (SSSR count). The van der Waals surface area contributed by atoms with E-state index in [0.29, 0.717) is 26.9 Å². The van der Waals surface area contributed by atoms with E-state index in [1.54, 1.807) is 26.0 Å². The van der Waals surface area contributed by atoms with Crippen molar-refractivity contribution in [2.45, 2.75) is 39.0 Å². The van der Waals surface area contributed by atoms with Crippen LogP contribution in [-0.4, -0.2) is 19.5 Å². The molecule has 164 valence electrons. The van der Waals surface area contributed by atoms with Crippen molar-refractivity contribution in [3.05, 3.63) is 69.1 Å². The standard InChI is InChI=1S/C23H24ClNO4S2/c1-13(2)9-16-5-7-17(8-6-16)20-12-19(22(30-20)23(26)27)25-31(28,29)21-11-14(3)18(24)10-15(21)4/h5-8,10-13,25H,9H2,1-4H3,(H,26,27). The lowest BCUT2D eigenvalue weighted by molar-refractivity contribution is 0.0703. The second-order valence-electron chi connectivity index (χ2n) is 7.93. The summed E-state index contributed by atoms with van der Waals surface area (Å²) >= 11 is 7.12. The first-order valence-corrected chi connectivity index (χ1v) is 12.4. The number of halogens is 1. The number of thiophene rings is 1. The van der Waals surface area contributed by atoms with Gasteiger partial charge in [0.25, 0.3) is 10.0 Å². The monoisotopic (exact) mass is 477 g/mol. The van der Waals surface area contributed by atoms with Crippen LogP contribution in [0.5, 0.6) is 0 Å². The Kier molecular flexibility index (Phi) is 6.79. The third-order valence-electron chi connectivity index (χ3n) is 4.80. The van der Waals surface area contributed by atoms with E-state index in [-0.39, 0.29) is 15.5 Å². The number of nitrogens with one attached hydrogen (secondary N) is 1. The third kappa shape index (κ3) is 5.29. The molecule has 0 aliphatic rings. The summed E-state index contributed by atoms with van der Waals surface area (Å²) in [6.45, 7) is 7.66. The van der Waals surface area contributed by atoms with Crippen LogP contribution in [0, 0.1) is 19.8 Å². The lowest BCUT2D eigenvalue weighted by atomic mass is 10.0. The van der Waals surface area contributed by atoms with E-state index in [0.717, 1.165) is 23.3 Å². The van der Waals surface area contributed by atoms with Gasteiger partial charge in [-0.2, -0.15) is 0 Å². The quantitative estimate of drug-likeness (QED) is 0.413. The first-order valence-electron chi connectivity index (χ1n) is 9.74. The largest absolute Gasteiger partial charge is 0.477 e. The smallest absolute Gasteiger partial charge is 0.348 e. The first-order chi connectivity index (χ1) is 14.5. The minimum Gasteiger partial charge on any atom is -0.477 e. The minimum absolute atomic E-state index is 0.0470. The average Bonchev–Trinajstić information content (AvgIpc) is 3.08. The predicted molar refractivity (Wildman–Crippen MR) is 127 cm³/mol. The van der Waals surface area contributed by atoms with Gasteiger partial charge in [-0.3, -0.25) is 4.72 Å². The zero-order valence-electron chi connectivity index (χ0n) is 17.7. The van der Waals surface area contributed by atoms with E-state index in [1.807, 2.05) is 24.3 Å². The van der Waals surface area contributed by atoms with E-state index >= 15 is 0 Å². The Hall–Kier alpha value is -2.35. The number of sulfonamides is 1. The molecule has 2 N–H and O–H groups in total. The lowest BCUT2D eigenvalue weighted by Gasteiger charge is -2.11. The van der Waals surface area contributed by atoms with E-state index in [9.17, 15) is 18.3 Å². The van der Waals surface area contributed by atoms with Gasteiger partial charge in [-0.25, -0.2) is 13.2 Å². The first kappa shape index (κ1) is 23.3. The van der Waals surface area contributed by atoms with Gasteiger partial charge in [0, 0.05) is 9.90 Å². The van der Waals surface area contributed by atoms with Crippen molar-refractivity contribution in [2.24, 2.45) is 5.92 Å². The number of carbonyl (C=O) groups is 1. The van der Waals surface area contributed by atoms with Crippen molar-refractivity contribution in [3.8, 4) is 10.4 Å². The van der Waals surface area contributed by atoms with E-state index in [4.69, 9.17) is 11.6 Å². The molecule has 0 saturated carbocycles. The van der Waals surface area contributed by atoms with E-state index < -0.39 is 16.0 Å². The van der Waals surface area contributed by atoms with Crippen molar-refractivity contribution in [1.29, 1.82) is 0 Å². The van der Waals surface area contributed by atoms with Crippen LogP contribution >= 0.6 is 22.9 Å². The highest BCUT2D eigenvalue weighted by atomic mass is 35.5. The zero-order valence-corrected chi connectivity index (χ0v) is 20.1. The topological polar surface area (TPSA) is 83.5 Å². The average molecular weight is 478 g/mol. The fraction of sp³-hybridized carbons (Fsp3) is 0.261. The van der Waals surface area contributed by atoms with Crippen LogP contribution in [0.1, 0.15) is 40.2 Å². The maximum absolute atomic E-state index is 13.0. The molecule has 0 aliphatic heterocycles. The second-order valence-corrected chi connectivity index (χ2v) is 11.0. The highest BCUT2D eigenvalue weighted by Crippen LogP contribution is 2.36. The molecule has 1 heterocycles. The summed E-state index contributed by atoms with van der Waals surface area (Å²) in [5.74, 6) is -0.651. The number of carboxylic acids is 1. The summed E-state index contributed by atoms with van der Waals surface area (Å²) in [5.41, 5.74) is 3.19. The Morgan fingerprint density at radius 3 is 2.32 bits per heavy atom. The molecule has 0 atom stereocenters. The summed E-state index contributed by atoms with van der Waals surface area (Å²) in [7, 11) is -3.99. The molecule has 1 aromatic heterocycles. The molecule has 31 heavy (non-hydrogen) atoms. The molecule has 0 bridgehead atoms. The molecule has 0 aliphatic carbocycles. The summed E-state index contributed by atoms with van der Waals surface area (Å²) in [6.07, 6.45) is 0.954. The number of rotatable bonds is 7. The van der Waals surface area contributed by atoms with Gasteiger partial charge in [0.1, 0.15) is 4.88 Å². The number of anilines is 1. The van der Waals surface area contributed by atoms with Crippen molar-refractivity contribution in [2.75, 3.05) is 4.72 Å². The Labute approximate surface area is 191 Å². The Bertz CT molecular complexity index is 1230. The van der Waals surface area contributed by atoms with E-state index in [2.05, 4.69) is 18.6 Å². The molecule has 2 aromatic carbocycles. The van der Waals surface area contributed by atoms with Gasteiger partial charge in [-0.1, -0.05) is 49.7 Å². The molecule has 0 amide bonds. The molecule has 3 aromatic rings. The van der Waals surface area contributed by atoms with Crippen LogP contribution in [0.3, 0.4) is 0 Å². The fourth-order valence-electron chi connectivity index (χ4n) is 3.29. The van der Waals surface area contributed by atoms with Crippen molar-refractivity contribution < 1.29 is 18.3 Å². The van der Waals surface area contributed by atoms with Gasteiger partial charge >= 0.3 is 5.97 Å². The lowest BCUT2D eigenvalue weighted by Crippen LogP contribution is -2.15. The Balaban J connectivity index is 1.98. The molecule has 0 radical (unpaired) electrons. The summed E-state index contributed by atoms with van der Waals surface area (Å²) in [4.78, 5) is 12.5. The molecular formula is C23H24ClNO4S2. The van der Waals surface area contributed by atoms with E-state index in [1.165, 1.54) is 11.6 Å². The fourth-order valence-corrected chi connectivity index (χ4v) is 5.90. The highest BCUT2D eigenvalue weighted by Gasteiger charge is 2.24. The predicted octanol–water partition coefficient (Wildman–Crippen LogP) is 6.38. The van der Waals surface area contributed by atoms with Gasteiger partial charge in [0.05, 0.1) is 10.6 Å². The number of benzene rings is 2. The molecule has 0 fully saturated rings. The van der Waals surface area contributed by atoms with Gasteiger partial charge < -0.3 is 5.11 Å². The molecular weight excluding hydrogens is 454 g/mol. The van der Waals surface area contributed by atoms with Crippen LogP contribution in [0.15, 0.2) is 47.4 Å². The van der Waals surface area contributed by atoms with Gasteiger partial charge in [0.15, 0.2) is 0 Å². The number of hydrogen-bond acceptors (Lipinski definition) is 4. The van der Waals surface area contributed by atoms with Crippen LogP contribution in [0.4, 0.5) is 5.69 Å². The Morgan fingerprint density at radius 1 is 1.10 bits per heavy atom. The highest BCUT2D eigenvalue weighted by molar-refractivity contribution is 7.92. The molecule has 5 nitrogen and oxygen atoms in total. The van der Waals surface area contributed by atoms with Crippen LogP contribution in [0.2, 0.25) is 5.02 Å². The maximum Gasteiger partial charge on any atom is 0.348 e.